The van der Waals surface area contributed by atoms with Crippen molar-refractivity contribution >= 4 is 11.9 Å². The van der Waals surface area contributed by atoms with E-state index in [1.807, 2.05) is 13.8 Å². The van der Waals surface area contributed by atoms with Crippen LogP contribution >= 0.6 is 0 Å². The number of nitrogens with zero attached hydrogens (tertiary/aromatic N) is 2. The van der Waals surface area contributed by atoms with E-state index >= 15 is 0 Å². The summed E-state index contributed by atoms with van der Waals surface area (Å²) in [4.78, 5) is 27.1. The molecule has 0 radical (unpaired) electrons. The monoisotopic (exact) mass is 380 g/mol. The van der Waals surface area contributed by atoms with Gasteiger partial charge in [-0.2, -0.15) is 0 Å². The highest BCUT2D eigenvalue weighted by Crippen LogP contribution is 2.29. The number of hydrogen-bond acceptors (Lipinski definition) is 6. The number of rotatable bonds is 8. The molecule has 8 nitrogen and oxygen atoms in total. The fourth-order valence-corrected chi connectivity index (χ4v) is 2.99. The second kappa shape index (κ2) is 9.57. The van der Waals surface area contributed by atoms with Crippen molar-refractivity contribution in [1.82, 2.24) is 9.80 Å². The third-order valence-electron chi connectivity index (χ3n) is 4.12. The summed E-state index contributed by atoms with van der Waals surface area (Å²) in [7, 11) is 3.26. The number of ether oxygens (including phenoxy) is 3. The first kappa shape index (κ1) is 21.0. The summed E-state index contributed by atoms with van der Waals surface area (Å²) in [5, 5.41) is 8.86. The van der Waals surface area contributed by atoms with Gasteiger partial charge < -0.3 is 24.2 Å². The maximum atomic E-state index is 12.9. The van der Waals surface area contributed by atoms with Crippen LogP contribution in [-0.2, 0) is 9.53 Å². The number of morpholine rings is 1. The Kier molecular flexibility index (Phi) is 7.44. The van der Waals surface area contributed by atoms with Gasteiger partial charge in [0, 0.05) is 25.2 Å². The number of methoxy groups -OCH3 is 1. The maximum absolute atomic E-state index is 12.9. The first-order valence-electron chi connectivity index (χ1n) is 8.96. The van der Waals surface area contributed by atoms with Gasteiger partial charge >= 0.3 is 5.97 Å². The van der Waals surface area contributed by atoms with Crippen molar-refractivity contribution < 1.29 is 28.9 Å². The van der Waals surface area contributed by atoms with Crippen molar-refractivity contribution in [2.45, 2.75) is 26.1 Å². The quantitative estimate of drug-likeness (QED) is 0.728. The highest BCUT2D eigenvalue weighted by Gasteiger charge is 2.27. The Balaban J connectivity index is 2.04. The highest BCUT2D eigenvalue weighted by atomic mass is 16.5. The lowest BCUT2D eigenvalue weighted by molar-refractivity contribution is -0.138. The molecule has 1 heterocycles. The molecule has 1 aromatic rings. The summed E-state index contributed by atoms with van der Waals surface area (Å²) in [6, 6.07) is 5.15. The minimum atomic E-state index is -0.892. The van der Waals surface area contributed by atoms with Crippen molar-refractivity contribution in [3.63, 3.8) is 0 Å². The van der Waals surface area contributed by atoms with Crippen LogP contribution in [-0.4, -0.2) is 85.9 Å². The summed E-state index contributed by atoms with van der Waals surface area (Å²) >= 11 is 0. The second-order valence-electron chi connectivity index (χ2n) is 6.87. The van der Waals surface area contributed by atoms with Crippen LogP contribution in [0.3, 0.4) is 0 Å². The topological polar surface area (TPSA) is 88.5 Å². The van der Waals surface area contributed by atoms with Gasteiger partial charge in [-0.25, -0.2) is 0 Å². The van der Waals surface area contributed by atoms with Gasteiger partial charge in [-0.3, -0.25) is 14.5 Å². The standard InChI is InChI=1S/C19H28N2O6/c1-13(2)27-16-6-5-14(9-17(16)25-4)19(24)21-7-8-26-15(11-21)10-20(3)12-18(22)23/h5-6,9,13,15H,7-8,10-12H2,1-4H3,(H,22,23)/t15-/m0/s1. The Labute approximate surface area is 159 Å². The summed E-state index contributed by atoms with van der Waals surface area (Å²) in [6.45, 7) is 5.55. The van der Waals surface area contributed by atoms with Gasteiger partial charge in [-0.15, -0.1) is 0 Å². The first-order valence-corrected chi connectivity index (χ1v) is 8.96. The van der Waals surface area contributed by atoms with Gasteiger partial charge in [-0.05, 0) is 39.1 Å². The molecule has 0 aliphatic carbocycles. The van der Waals surface area contributed by atoms with Crippen LogP contribution in [0.2, 0.25) is 0 Å². The Bertz CT molecular complexity index is 664. The molecule has 1 aliphatic heterocycles. The summed E-state index contributed by atoms with van der Waals surface area (Å²) in [5.41, 5.74) is 0.516. The average Bonchev–Trinajstić information content (AvgIpc) is 2.60. The summed E-state index contributed by atoms with van der Waals surface area (Å²) in [6.07, 6.45) is -0.222. The van der Waals surface area contributed by atoms with Gasteiger partial charge in [0.2, 0.25) is 0 Å². The van der Waals surface area contributed by atoms with Crippen LogP contribution in [0.15, 0.2) is 18.2 Å². The van der Waals surface area contributed by atoms with Gasteiger partial charge in [0.05, 0.1) is 32.5 Å². The van der Waals surface area contributed by atoms with Crippen LogP contribution in [0.25, 0.3) is 0 Å². The number of amides is 1. The molecule has 150 valence electrons. The number of carboxylic acids is 1. The maximum Gasteiger partial charge on any atom is 0.317 e. The number of carbonyl (C=O) groups is 2. The van der Waals surface area contributed by atoms with Gasteiger partial charge in [-0.1, -0.05) is 0 Å². The molecule has 1 atom stereocenters. The molecule has 0 aromatic heterocycles. The van der Waals surface area contributed by atoms with Crippen molar-refractivity contribution in [1.29, 1.82) is 0 Å². The molecule has 2 rings (SSSR count). The molecule has 0 spiro atoms. The van der Waals surface area contributed by atoms with Gasteiger partial charge in [0.1, 0.15) is 0 Å². The molecule has 1 aromatic carbocycles. The van der Waals surface area contributed by atoms with E-state index in [-0.39, 0.29) is 24.7 Å². The van der Waals surface area contributed by atoms with E-state index in [1.165, 1.54) is 0 Å². The van der Waals surface area contributed by atoms with E-state index in [4.69, 9.17) is 19.3 Å². The molecule has 1 aliphatic rings. The SMILES string of the molecule is COc1cc(C(=O)N2CCO[C@@H](CN(C)CC(=O)O)C2)ccc1OC(C)C. The largest absolute Gasteiger partial charge is 0.493 e. The Hall–Kier alpha value is -2.32. The van der Waals surface area contributed by atoms with Crippen LogP contribution < -0.4 is 9.47 Å². The third-order valence-corrected chi connectivity index (χ3v) is 4.12. The molecule has 0 saturated carbocycles. The molecule has 1 N–H and O–H groups in total. The molecule has 27 heavy (non-hydrogen) atoms. The number of aliphatic carboxylic acids is 1. The van der Waals surface area contributed by atoms with E-state index in [2.05, 4.69) is 0 Å². The molecule has 0 unspecified atom stereocenters. The van der Waals surface area contributed by atoms with Crippen LogP contribution in [0.1, 0.15) is 24.2 Å². The van der Waals surface area contributed by atoms with E-state index in [0.717, 1.165) is 0 Å². The fraction of sp³-hybridized carbons (Fsp3) is 0.579. The van der Waals surface area contributed by atoms with Crippen molar-refractivity contribution in [2.75, 3.05) is 46.9 Å². The van der Waals surface area contributed by atoms with Crippen LogP contribution in [0, 0.1) is 0 Å². The molecular weight excluding hydrogens is 352 g/mol. The minimum absolute atomic E-state index is 0.00300. The average molecular weight is 380 g/mol. The van der Waals surface area contributed by atoms with Crippen molar-refractivity contribution in [3.8, 4) is 11.5 Å². The Morgan fingerprint density at radius 3 is 2.74 bits per heavy atom. The zero-order chi connectivity index (χ0) is 20.0. The lowest BCUT2D eigenvalue weighted by Crippen LogP contribution is -2.49. The van der Waals surface area contributed by atoms with Crippen LogP contribution in [0.4, 0.5) is 0 Å². The van der Waals surface area contributed by atoms with E-state index in [1.54, 1.807) is 42.2 Å². The first-order chi connectivity index (χ1) is 12.8. The molecule has 8 heteroatoms. The van der Waals surface area contributed by atoms with Gasteiger partial charge in [0.25, 0.3) is 5.91 Å². The predicted molar refractivity (Wildman–Crippen MR) is 99.5 cm³/mol. The van der Waals surface area contributed by atoms with E-state index < -0.39 is 5.97 Å². The minimum Gasteiger partial charge on any atom is -0.493 e. The van der Waals surface area contributed by atoms with E-state index in [9.17, 15) is 9.59 Å². The smallest absolute Gasteiger partial charge is 0.317 e. The van der Waals surface area contributed by atoms with E-state index in [0.29, 0.717) is 43.3 Å². The summed E-state index contributed by atoms with van der Waals surface area (Å²) in [5.74, 6) is 0.107. The highest BCUT2D eigenvalue weighted by molar-refractivity contribution is 5.95. The summed E-state index contributed by atoms with van der Waals surface area (Å²) < 4.78 is 16.7. The Morgan fingerprint density at radius 2 is 2.11 bits per heavy atom. The normalized spacial score (nSPS) is 17.3. The molecular formula is C19H28N2O6. The fourth-order valence-electron chi connectivity index (χ4n) is 2.99. The molecule has 1 amide bonds. The number of hydrogen-bond donors (Lipinski definition) is 1. The van der Waals surface area contributed by atoms with Crippen molar-refractivity contribution in [2.24, 2.45) is 0 Å². The third kappa shape index (κ3) is 6.11. The zero-order valence-corrected chi connectivity index (χ0v) is 16.3. The number of carbonyl (C=O) groups excluding carboxylic acids is 1. The number of likely N-dealkylation sites (N-methyl/N-ethyl adjacent to an activating group) is 1. The second-order valence-corrected chi connectivity index (χ2v) is 6.87. The zero-order valence-electron chi connectivity index (χ0n) is 16.3. The molecule has 0 bridgehead atoms. The lowest BCUT2D eigenvalue weighted by atomic mass is 10.1. The lowest BCUT2D eigenvalue weighted by Gasteiger charge is -2.34. The van der Waals surface area contributed by atoms with Crippen LogP contribution in [0.5, 0.6) is 11.5 Å². The predicted octanol–water partition coefficient (Wildman–Crippen LogP) is 1.34. The Morgan fingerprint density at radius 1 is 1.37 bits per heavy atom. The number of carboxylic acid groups (broad SMARTS) is 1. The molecule has 1 saturated heterocycles. The van der Waals surface area contributed by atoms with Crippen molar-refractivity contribution in [3.05, 3.63) is 23.8 Å². The molecule has 1 fully saturated rings. The van der Waals surface area contributed by atoms with Gasteiger partial charge in [0.15, 0.2) is 11.5 Å². The number of benzene rings is 1.